The number of hydrogen-bond donors (Lipinski definition) is 2. The Balaban J connectivity index is 1.44. The summed E-state index contributed by atoms with van der Waals surface area (Å²) < 4.78 is 22.0. The van der Waals surface area contributed by atoms with Crippen molar-refractivity contribution < 1.29 is 18.9 Å². The van der Waals surface area contributed by atoms with Crippen LogP contribution < -0.4 is 24.8 Å². The number of nitrogens with one attached hydrogen (secondary N) is 2. The van der Waals surface area contributed by atoms with Crippen molar-refractivity contribution >= 4 is 5.96 Å². The molecule has 2 aromatic carbocycles. The summed E-state index contributed by atoms with van der Waals surface area (Å²) in [7, 11) is 1.69. The summed E-state index contributed by atoms with van der Waals surface area (Å²) in [6.07, 6.45) is 2.78. The fourth-order valence-electron chi connectivity index (χ4n) is 4.22. The molecule has 7 nitrogen and oxygen atoms in total. The molecule has 4 rings (SSSR count). The van der Waals surface area contributed by atoms with Crippen LogP contribution in [0.5, 0.6) is 17.2 Å². The third kappa shape index (κ3) is 5.27. The van der Waals surface area contributed by atoms with E-state index in [4.69, 9.17) is 23.9 Å². The van der Waals surface area contributed by atoms with Crippen molar-refractivity contribution in [2.24, 2.45) is 4.99 Å². The highest BCUT2D eigenvalue weighted by atomic mass is 16.7. The Hall–Kier alpha value is -2.93. The minimum Gasteiger partial charge on any atom is -0.497 e. The Bertz CT molecular complexity index is 908. The minimum atomic E-state index is -0.0719. The summed E-state index contributed by atoms with van der Waals surface area (Å²) >= 11 is 0. The van der Waals surface area contributed by atoms with E-state index in [-0.39, 0.29) is 12.2 Å². The van der Waals surface area contributed by atoms with Gasteiger partial charge >= 0.3 is 0 Å². The summed E-state index contributed by atoms with van der Waals surface area (Å²) in [5.74, 6) is 3.35. The summed E-state index contributed by atoms with van der Waals surface area (Å²) in [5.41, 5.74) is 2.43. The van der Waals surface area contributed by atoms with E-state index in [0.717, 1.165) is 68.8 Å². The van der Waals surface area contributed by atoms with Crippen molar-refractivity contribution in [2.75, 3.05) is 46.8 Å². The second-order valence-corrected chi connectivity index (χ2v) is 8.18. The van der Waals surface area contributed by atoms with Gasteiger partial charge < -0.3 is 29.6 Å². The number of rotatable bonds is 8. The van der Waals surface area contributed by atoms with Crippen molar-refractivity contribution in [3.63, 3.8) is 0 Å². The van der Waals surface area contributed by atoms with Gasteiger partial charge in [0.15, 0.2) is 17.5 Å². The number of hydrogen-bond acceptors (Lipinski definition) is 5. The fourth-order valence-corrected chi connectivity index (χ4v) is 4.22. The molecule has 2 heterocycles. The van der Waals surface area contributed by atoms with Gasteiger partial charge in [0.25, 0.3) is 0 Å². The SMILES string of the molecule is CCNC(=NCC1(c2ccc3c(c2)OCO3)CCOCC1)NCCc1ccc(OC)cc1. The molecule has 0 saturated carbocycles. The van der Waals surface area contributed by atoms with Gasteiger partial charge in [0, 0.05) is 31.7 Å². The molecule has 1 fully saturated rings. The molecular formula is C25H33N3O4. The molecule has 2 aliphatic rings. The normalized spacial score (nSPS) is 17.1. The highest BCUT2D eigenvalue weighted by Gasteiger charge is 2.35. The third-order valence-electron chi connectivity index (χ3n) is 6.18. The lowest BCUT2D eigenvalue weighted by Gasteiger charge is -2.36. The molecule has 2 N–H and O–H groups in total. The van der Waals surface area contributed by atoms with Crippen LogP contribution in [0.4, 0.5) is 0 Å². The molecule has 32 heavy (non-hydrogen) atoms. The molecule has 2 aromatic rings. The van der Waals surface area contributed by atoms with Gasteiger partial charge in [-0.15, -0.1) is 0 Å². The fraction of sp³-hybridized carbons (Fsp3) is 0.480. The predicted octanol–water partition coefficient (Wildman–Crippen LogP) is 3.27. The van der Waals surface area contributed by atoms with Crippen LogP contribution in [0.25, 0.3) is 0 Å². The van der Waals surface area contributed by atoms with Crippen LogP contribution in [0.2, 0.25) is 0 Å². The smallest absolute Gasteiger partial charge is 0.231 e. The van der Waals surface area contributed by atoms with Crippen molar-refractivity contribution in [3.05, 3.63) is 53.6 Å². The molecule has 0 bridgehead atoms. The van der Waals surface area contributed by atoms with E-state index in [1.54, 1.807) is 7.11 Å². The van der Waals surface area contributed by atoms with Crippen LogP contribution in [0.15, 0.2) is 47.5 Å². The molecule has 0 aromatic heterocycles. The first kappa shape index (κ1) is 22.3. The van der Waals surface area contributed by atoms with Crippen molar-refractivity contribution in [1.82, 2.24) is 10.6 Å². The number of methoxy groups -OCH3 is 1. The zero-order chi connectivity index (χ0) is 22.2. The lowest BCUT2D eigenvalue weighted by molar-refractivity contribution is 0.0530. The predicted molar refractivity (Wildman–Crippen MR) is 125 cm³/mol. The Morgan fingerprint density at radius 2 is 1.81 bits per heavy atom. The first-order chi connectivity index (χ1) is 15.7. The van der Waals surface area contributed by atoms with E-state index in [1.807, 2.05) is 18.2 Å². The minimum absolute atomic E-state index is 0.0719. The molecule has 172 valence electrons. The van der Waals surface area contributed by atoms with Crippen molar-refractivity contribution in [1.29, 1.82) is 0 Å². The molecule has 2 aliphatic heterocycles. The average Bonchev–Trinajstić information content (AvgIpc) is 3.32. The maximum absolute atomic E-state index is 5.68. The Morgan fingerprint density at radius 1 is 1.03 bits per heavy atom. The second-order valence-electron chi connectivity index (χ2n) is 8.18. The quantitative estimate of drug-likeness (QED) is 0.486. The van der Waals surface area contributed by atoms with Gasteiger partial charge in [-0.05, 0) is 61.6 Å². The zero-order valence-corrected chi connectivity index (χ0v) is 19.0. The largest absolute Gasteiger partial charge is 0.497 e. The number of benzene rings is 2. The Morgan fingerprint density at radius 3 is 2.56 bits per heavy atom. The van der Waals surface area contributed by atoms with E-state index in [9.17, 15) is 0 Å². The van der Waals surface area contributed by atoms with Gasteiger partial charge in [-0.2, -0.15) is 0 Å². The molecule has 1 saturated heterocycles. The molecule has 0 atom stereocenters. The average molecular weight is 440 g/mol. The number of fused-ring (bicyclic) bond motifs is 1. The summed E-state index contributed by atoms with van der Waals surface area (Å²) in [4.78, 5) is 4.98. The van der Waals surface area contributed by atoms with Crippen LogP contribution in [-0.4, -0.2) is 52.7 Å². The molecule has 0 unspecified atom stereocenters. The van der Waals surface area contributed by atoms with Gasteiger partial charge in [0.1, 0.15) is 5.75 Å². The van der Waals surface area contributed by atoms with E-state index in [2.05, 4.69) is 41.8 Å². The van der Waals surface area contributed by atoms with Crippen LogP contribution in [0.1, 0.15) is 30.9 Å². The van der Waals surface area contributed by atoms with Gasteiger partial charge in [-0.1, -0.05) is 18.2 Å². The number of ether oxygens (including phenoxy) is 4. The van der Waals surface area contributed by atoms with E-state index in [0.29, 0.717) is 6.54 Å². The van der Waals surface area contributed by atoms with E-state index >= 15 is 0 Å². The molecule has 0 aliphatic carbocycles. The Labute approximate surface area is 190 Å². The summed E-state index contributed by atoms with van der Waals surface area (Å²) in [6.45, 7) is 6.16. The summed E-state index contributed by atoms with van der Waals surface area (Å²) in [6, 6.07) is 14.5. The molecule has 0 amide bonds. The number of nitrogens with zero attached hydrogens (tertiary/aromatic N) is 1. The highest BCUT2D eigenvalue weighted by molar-refractivity contribution is 5.79. The van der Waals surface area contributed by atoms with E-state index in [1.165, 1.54) is 11.1 Å². The van der Waals surface area contributed by atoms with Gasteiger partial charge in [-0.25, -0.2) is 0 Å². The standard InChI is InChI=1S/C25H33N3O4/c1-3-26-24(27-13-10-19-4-7-21(29-2)8-5-19)28-17-25(11-14-30-15-12-25)20-6-9-22-23(16-20)32-18-31-22/h4-9,16H,3,10-15,17-18H2,1-2H3,(H2,26,27,28). The monoisotopic (exact) mass is 439 g/mol. The first-order valence-electron chi connectivity index (χ1n) is 11.4. The summed E-state index contributed by atoms with van der Waals surface area (Å²) in [5, 5.41) is 6.86. The highest BCUT2D eigenvalue weighted by Crippen LogP contribution is 2.41. The molecule has 0 spiro atoms. The van der Waals surface area contributed by atoms with Gasteiger partial charge in [0.2, 0.25) is 6.79 Å². The van der Waals surface area contributed by atoms with Gasteiger partial charge in [0.05, 0.1) is 13.7 Å². The lowest BCUT2D eigenvalue weighted by atomic mass is 9.74. The van der Waals surface area contributed by atoms with Gasteiger partial charge in [-0.3, -0.25) is 4.99 Å². The van der Waals surface area contributed by atoms with Crippen LogP contribution in [-0.2, 0) is 16.6 Å². The number of aliphatic imine (C=N–C) groups is 1. The molecule has 7 heteroatoms. The molecule has 0 radical (unpaired) electrons. The first-order valence-corrected chi connectivity index (χ1v) is 11.4. The Kier molecular flexibility index (Phi) is 7.37. The van der Waals surface area contributed by atoms with Crippen LogP contribution in [0.3, 0.4) is 0 Å². The van der Waals surface area contributed by atoms with Crippen LogP contribution in [0, 0.1) is 0 Å². The topological polar surface area (TPSA) is 73.3 Å². The zero-order valence-electron chi connectivity index (χ0n) is 19.0. The maximum Gasteiger partial charge on any atom is 0.231 e. The molecular weight excluding hydrogens is 406 g/mol. The van der Waals surface area contributed by atoms with Crippen molar-refractivity contribution in [2.45, 2.75) is 31.6 Å². The van der Waals surface area contributed by atoms with Crippen molar-refractivity contribution in [3.8, 4) is 17.2 Å². The van der Waals surface area contributed by atoms with Crippen LogP contribution >= 0.6 is 0 Å². The third-order valence-corrected chi connectivity index (χ3v) is 6.18. The number of guanidine groups is 1. The van der Waals surface area contributed by atoms with E-state index < -0.39 is 0 Å². The maximum atomic E-state index is 5.68. The second kappa shape index (κ2) is 10.6. The lowest BCUT2D eigenvalue weighted by Crippen LogP contribution is -2.41.